The first-order valence-corrected chi connectivity index (χ1v) is 4.78. The fourth-order valence-electron chi connectivity index (χ4n) is 1.28. The zero-order valence-corrected chi connectivity index (χ0v) is 12.5. The van der Waals surface area contributed by atoms with Crippen LogP contribution in [0.25, 0.3) is 0 Å². The molecule has 1 nitrogen and oxygen atoms in total. The van der Waals surface area contributed by atoms with Gasteiger partial charge in [-0.05, 0) is 18.2 Å². The molecule has 0 heterocycles. The van der Waals surface area contributed by atoms with Crippen molar-refractivity contribution >= 4 is 23.1 Å². The Balaban J connectivity index is 0.00000144. The summed E-state index contributed by atoms with van der Waals surface area (Å²) in [7, 11) is 0. The molecule has 0 aliphatic carbocycles. The second-order valence-corrected chi connectivity index (χ2v) is 3.26. The summed E-state index contributed by atoms with van der Waals surface area (Å²) >= 11 is 0. The van der Waals surface area contributed by atoms with Crippen molar-refractivity contribution in [2.24, 2.45) is 0 Å². The van der Waals surface area contributed by atoms with E-state index >= 15 is 0 Å². The Morgan fingerprint density at radius 2 is 1.72 bits per heavy atom. The molecule has 0 amide bonds. The molecule has 0 aliphatic rings. The van der Waals surface area contributed by atoms with Crippen LogP contribution in [0.4, 0.5) is 8.78 Å². The van der Waals surface area contributed by atoms with Crippen molar-refractivity contribution in [2.75, 3.05) is 0 Å². The quantitative estimate of drug-likeness (QED) is 0.569. The number of rotatable bonds is 3. The molecule has 0 atom stereocenters. The minimum atomic E-state index is -0.471. The molecule has 0 unspecified atom stereocenters. The van der Waals surface area contributed by atoms with Gasteiger partial charge in [0.1, 0.15) is 18.2 Å². The summed E-state index contributed by atoms with van der Waals surface area (Å²) in [5.74, 6) is -0.340. The van der Waals surface area contributed by atoms with Crippen molar-refractivity contribution in [3.63, 3.8) is 0 Å². The Bertz CT molecular complexity index is 480. The summed E-state index contributed by atoms with van der Waals surface area (Å²) in [6, 6.07) is 12.9. The molecule has 2 aromatic rings. The second kappa shape index (κ2) is 8.45. The van der Waals surface area contributed by atoms with E-state index in [0.717, 1.165) is 18.2 Å². The number of benzene rings is 2. The van der Waals surface area contributed by atoms with E-state index in [1.165, 1.54) is 0 Å². The number of ether oxygens (including phenoxy) is 1. The summed E-state index contributed by atoms with van der Waals surface area (Å²) in [6.07, 6.45) is 0. The molecule has 0 saturated heterocycles. The Morgan fingerprint density at radius 1 is 1.06 bits per heavy atom. The van der Waals surface area contributed by atoms with E-state index in [2.05, 4.69) is 6.07 Å². The largest absolute Gasteiger partial charge is 2.00 e. The van der Waals surface area contributed by atoms with Gasteiger partial charge in [0.2, 0.25) is 0 Å². The number of hydrogen-bond acceptors (Lipinski definition) is 1. The first kappa shape index (κ1) is 17.3. The molecule has 2 rings (SSSR count). The van der Waals surface area contributed by atoms with Crippen LogP contribution in [0.15, 0.2) is 42.5 Å². The Morgan fingerprint density at radius 3 is 2.39 bits per heavy atom. The van der Waals surface area contributed by atoms with E-state index in [4.69, 9.17) is 4.74 Å². The molecule has 18 heavy (non-hydrogen) atoms. The molecule has 0 N–H and O–H groups in total. The van der Waals surface area contributed by atoms with Gasteiger partial charge in [-0.1, -0.05) is 0 Å². The van der Waals surface area contributed by atoms with Crippen molar-refractivity contribution in [2.45, 2.75) is 6.61 Å². The fraction of sp³-hybridized carbons (Fsp3) is 0.0769. The molecule has 0 aliphatic heterocycles. The fourth-order valence-corrected chi connectivity index (χ4v) is 1.28. The molecular formula is C13H9BrF2MgO. The van der Waals surface area contributed by atoms with Gasteiger partial charge in [-0.15, -0.1) is 12.1 Å². The average molecular weight is 323 g/mol. The molecule has 90 valence electrons. The maximum atomic E-state index is 13.2. The minimum absolute atomic E-state index is 0. The van der Waals surface area contributed by atoms with Crippen LogP contribution in [0.2, 0.25) is 0 Å². The van der Waals surface area contributed by atoms with Crippen molar-refractivity contribution in [1.82, 2.24) is 0 Å². The predicted molar refractivity (Wildman–Crippen MR) is 61.7 cm³/mol. The van der Waals surface area contributed by atoms with Gasteiger partial charge in [-0.2, -0.15) is 18.2 Å². The van der Waals surface area contributed by atoms with Gasteiger partial charge >= 0.3 is 23.1 Å². The van der Waals surface area contributed by atoms with E-state index in [1.54, 1.807) is 24.3 Å². The smallest absolute Gasteiger partial charge is 1.00 e. The van der Waals surface area contributed by atoms with E-state index < -0.39 is 11.6 Å². The second-order valence-electron chi connectivity index (χ2n) is 3.26. The van der Waals surface area contributed by atoms with Crippen molar-refractivity contribution in [1.29, 1.82) is 0 Å². The maximum absolute atomic E-state index is 13.2. The molecule has 5 heteroatoms. The van der Waals surface area contributed by atoms with Crippen LogP contribution in [0.1, 0.15) is 5.56 Å². The molecule has 0 aromatic heterocycles. The van der Waals surface area contributed by atoms with E-state index in [1.807, 2.05) is 0 Å². The molecule has 0 fully saturated rings. The monoisotopic (exact) mass is 322 g/mol. The standard InChI is InChI=1S/C13H9F2O.BrH.Mg/c14-11-6-7-13(15)10(8-11)9-16-12-4-2-1-3-5-12;;/h2-8H,9H2;1H;/q-1;;+2/p-1. The zero-order chi connectivity index (χ0) is 11.4. The van der Waals surface area contributed by atoms with Crippen LogP contribution in [0, 0.1) is 17.7 Å². The molecule has 2 aromatic carbocycles. The van der Waals surface area contributed by atoms with Crippen LogP contribution < -0.4 is 21.7 Å². The first-order valence-electron chi connectivity index (χ1n) is 4.78. The van der Waals surface area contributed by atoms with Gasteiger partial charge in [0.05, 0.1) is 0 Å². The summed E-state index contributed by atoms with van der Waals surface area (Å²) in [5, 5.41) is 0. The number of hydrogen-bond donors (Lipinski definition) is 0. The SMILES string of the molecule is Fc1ccc(F)c(COc2cc[c-]cc2)c1.[Br-].[Mg+2]. The molecular weight excluding hydrogens is 314 g/mol. The van der Waals surface area contributed by atoms with Crippen molar-refractivity contribution in [3.05, 3.63) is 65.7 Å². The van der Waals surface area contributed by atoms with E-state index in [9.17, 15) is 8.78 Å². The van der Waals surface area contributed by atoms with Crippen LogP contribution in [-0.2, 0) is 6.61 Å². The summed E-state index contributed by atoms with van der Waals surface area (Å²) in [6.45, 7) is 0.00755. The maximum Gasteiger partial charge on any atom is 2.00 e. The third-order valence-corrected chi connectivity index (χ3v) is 2.09. The van der Waals surface area contributed by atoms with Gasteiger partial charge in [0.15, 0.2) is 0 Å². The molecule has 0 radical (unpaired) electrons. The van der Waals surface area contributed by atoms with Gasteiger partial charge < -0.3 is 21.7 Å². The van der Waals surface area contributed by atoms with Crippen LogP contribution >= 0.6 is 0 Å². The third-order valence-electron chi connectivity index (χ3n) is 2.09. The summed E-state index contributed by atoms with van der Waals surface area (Å²) < 4.78 is 31.4. The first-order chi connectivity index (χ1) is 7.75. The summed E-state index contributed by atoms with van der Waals surface area (Å²) in [4.78, 5) is 0. The van der Waals surface area contributed by atoms with Gasteiger partial charge in [-0.3, -0.25) is 0 Å². The van der Waals surface area contributed by atoms with E-state index in [0.29, 0.717) is 5.75 Å². The zero-order valence-electron chi connectivity index (χ0n) is 9.50. The molecule has 0 saturated carbocycles. The molecule has 0 bridgehead atoms. The predicted octanol–water partition coefficient (Wildman–Crippen LogP) is -0.0328. The van der Waals surface area contributed by atoms with Gasteiger partial charge in [0.25, 0.3) is 0 Å². The van der Waals surface area contributed by atoms with Gasteiger partial charge in [-0.25, -0.2) is 8.78 Å². The molecule has 0 spiro atoms. The van der Waals surface area contributed by atoms with Crippen LogP contribution in [0.5, 0.6) is 5.75 Å². The van der Waals surface area contributed by atoms with Crippen molar-refractivity contribution < 1.29 is 30.5 Å². The van der Waals surface area contributed by atoms with E-state index in [-0.39, 0.29) is 52.2 Å². The number of halogens is 3. The Labute approximate surface area is 131 Å². The Kier molecular flexibility index (Phi) is 8.14. The van der Waals surface area contributed by atoms with Gasteiger partial charge in [0, 0.05) is 11.3 Å². The Hall–Kier alpha value is -0.654. The van der Waals surface area contributed by atoms with Crippen molar-refractivity contribution in [3.8, 4) is 5.75 Å². The summed E-state index contributed by atoms with van der Waals surface area (Å²) in [5.41, 5.74) is 0.202. The minimum Gasteiger partial charge on any atom is -1.00 e. The normalized spacial score (nSPS) is 9.00. The van der Waals surface area contributed by atoms with Crippen LogP contribution in [-0.4, -0.2) is 23.1 Å². The topological polar surface area (TPSA) is 9.23 Å². The average Bonchev–Trinajstić information content (AvgIpc) is 2.32. The third kappa shape index (κ3) is 4.92. The van der Waals surface area contributed by atoms with Crippen LogP contribution in [0.3, 0.4) is 0 Å².